The molecule has 5 heteroatoms. The summed E-state index contributed by atoms with van der Waals surface area (Å²) >= 11 is 0. The molecule has 0 aliphatic carbocycles. The molecule has 0 aromatic heterocycles. The minimum Gasteiger partial charge on any atom is -0.367 e. The molecule has 1 fully saturated rings. The fourth-order valence-corrected chi connectivity index (χ4v) is 3.64. The van der Waals surface area contributed by atoms with Gasteiger partial charge < -0.3 is 20.4 Å². The van der Waals surface area contributed by atoms with Gasteiger partial charge in [-0.1, -0.05) is 49.4 Å². The van der Waals surface area contributed by atoms with E-state index in [0.29, 0.717) is 0 Å². The SMILES string of the molecule is CCN1CCN(c2ccccc2NC(=O)N[C@@H](C)CCc2ccccc2)CC1. The van der Waals surface area contributed by atoms with E-state index in [2.05, 4.69) is 64.6 Å². The second-order valence-electron chi connectivity index (χ2n) is 7.46. The first-order valence-electron chi connectivity index (χ1n) is 10.3. The van der Waals surface area contributed by atoms with Gasteiger partial charge in [-0.25, -0.2) is 4.79 Å². The number of urea groups is 1. The van der Waals surface area contributed by atoms with Crippen molar-refractivity contribution in [2.45, 2.75) is 32.7 Å². The van der Waals surface area contributed by atoms with E-state index < -0.39 is 0 Å². The van der Waals surface area contributed by atoms with Gasteiger partial charge in [0, 0.05) is 32.2 Å². The molecule has 2 aromatic rings. The maximum atomic E-state index is 12.5. The highest BCUT2D eigenvalue weighted by Crippen LogP contribution is 2.26. The Kier molecular flexibility index (Phi) is 7.31. The van der Waals surface area contributed by atoms with E-state index in [-0.39, 0.29) is 12.1 Å². The Labute approximate surface area is 168 Å². The number of nitrogens with zero attached hydrogens (tertiary/aromatic N) is 2. The molecule has 2 aromatic carbocycles. The summed E-state index contributed by atoms with van der Waals surface area (Å²) < 4.78 is 0. The minimum atomic E-state index is -0.139. The van der Waals surface area contributed by atoms with Crippen LogP contribution in [0, 0.1) is 0 Å². The number of carbonyl (C=O) groups is 1. The fourth-order valence-electron chi connectivity index (χ4n) is 3.64. The molecule has 0 saturated carbocycles. The van der Waals surface area contributed by atoms with Crippen molar-refractivity contribution in [3.63, 3.8) is 0 Å². The van der Waals surface area contributed by atoms with Crippen molar-refractivity contribution in [3.8, 4) is 0 Å². The molecule has 1 aliphatic rings. The predicted octanol–water partition coefficient (Wildman–Crippen LogP) is 3.97. The Bertz CT molecular complexity index is 741. The summed E-state index contributed by atoms with van der Waals surface area (Å²) in [5.41, 5.74) is 3.28. The number of anilines is 2. The summed E-state index contributed by atoms with van der Waals surface area (Å²) in [6.07, 6.45) is 1.87. The summed E-state index contributed by atoms with van der Waals surface area (Å²) in [4.78, 5) is 17.3. The van der Waals surface area contributed by atoms with E-state index in [0.717, 1.165) is 56.9 Å². The molecule has 2 N–H and O–H groups in total. The van der Waals surface area contributed by atoms with Gasteiger partial charge in [-0.15, -0.1) is 0 Å². The molecule has 28 heavy (non-hydrogen) atoms. The third kappa shape index (κ3) is 5.73. The van der Waals surface area contributed by atoms with Gasteiger partial charge in [-0.05, 0) is 44.0 Å². The summed E-state index contributed by atoms with van der Waals surface area (Å²) in [6, 6.07) is 18.4. The van der Waals surface area contributed by atoms with Crippen molar-refractivity contribution >= 4 is 17.4 Å². The summed E-state index contributed by atoms with van der Waals surface area (Å²) in [7, 11) is 0. The number of aryl methyl sites for hydroxylation is 1. The predicted molar refractivity (Wildman–Crippen MR) is 117 cm³/mol. The Morgan fingerprint density at radius 3 is 2.39 bits per heavy atom. The number of carbonyl (C=O) groups excluding carboxylic acids is 1. The molecule has 3 rings (SSSR count). The number of hydrogen-bond acceptors (Lipinski definition) is 3. The molecule has 5 nitrogen and oxygen atoms in total. The quantitative estimate of drug-likeness (QED) is 0.764. The topological polar surface area (TPSA) is 47.6 Å². The van der Waals surface area contributed by atoms with E-state index in [4.69, 9.17) is 0 Å². The highest BCUT2D eigenvalue weighted by Gasteiger charge is 2.19. The van der Waals surface area contributed by atoms with Crippen LogP contribution >= 0.6 is 0 Å². The van der Waals surface area contributed by atoms with E-state index in [1.165, 1.54) is 5.56 Å². The fraction of sp³-hybridized carbons (Fsp3) is 0.435. The summed E-state index contributed by atoms with van der Waals surface area (Å²) in [5, 5.41) is 6.12. The average molecular weight is 381 g/mol. The Hall–Kier alpha value is -2.53. The lowest BCUT2D eigenvalue weighted by molar-refractivity contribution is 0.248. The Morgan fingerprint density at radius 2 is 1.68 bits per heavy atom. The zero-order chi connectivity index (χ0) is 19.8. The summed E-state index contributed by atoms with van der Waals surface area (Å²) in [6.45, 7) is 9.45. The molecule has 0 bridgehead atoms. The van der Waals surface area contributed by atoms with Gasteiger partial charge in [0.25, 0.3) is 0 Å². The number of rotatable bonds is 7. The molecule has 150 valence electrons. The van der Waals surface area contributed by atoms with Crippen molar-refractivity contribution < 1.29 is 4.79 Å². The third-order valence-corrected chi connectivity index (χ3v) is 5.40. The second-order valence-corrected chi connectivity index (χ2v) is 7.46. The summed E-state index contributed by atoms with van der Waals surface area (Å²) in [5.74, 6) is 0. The third-order valence-electron chi connectivity index (χ3n) is 5.40. The highest BCUT2D eigenvalue weighted by molar-refractivity contribution is 5.93. The first-order valence-corrected chi connectivity index (χ1v) is 10.3. The average Bonchev–Trinajstić information content (AvgIpc) is 2.73. The first kappa shape index (κ1) is 20.2. The van der Waals surface area contributed by atoms with Crippen LogP contribution in [0.5, 0.6) is 0 Å². The number of amides is 2. The zero-order valence-electron chi connectivity index (χ0n) is 17.0. The van der Waals surface area contributed by atoms with Gasteiger partial charge in [0.1, 0.15) is 0 Å². The second kappa shape index (κ2) is 10.1. The lowest BCUT2D eigenvalue weighted by Crippen LogP contribution is -2.46. The van der Waals surface area contributed by atoms with Crippen molar-refractivity contribution in [1.29, 1.82) is 0 Å². The molecular weight excluding hydrogens is 348 g/mol. The van der Waals surface area contributed by atoms with Gasteiger partial charge in [0.2, 0.25) is 0 Å². The van der Waals surface area contributed by atoms with Gasteiger partial charge in [0.15, 0.2) is 0 Å². The standard InChI is InChI=1S/C23H32N4O/c1-3-26-15-17-27(18-16-26)22-12-8-7-11-21(22)25-23(28)24-19(2)13-14-20-9-5-4-6-10-20/h4-12,19H,3,13-18H2,1-2H3,(H2,24,25,28)/t19-/m0/s1. The number of piperazine rings is 1. The number of nitrogens with one attached hydrogen (secondary N) is 2. The number of para-hydroxylation sites is 2. The largest absolute Gasteiger partial charge is 0.367 e. The molecule has 1 heterocycles. The number of hydrogen-bond donors (Lipinski definition) is 2. The molecule has 1 saturated heterocycles. The number of likely N-dealkylation sites (N-methyl/N-ethyl adjacent to an activating group) is 1. The molecule has 2 amide bonds. The van der Waals surface area contributed by atoms with E-state index in [1.807, 2.05) is 24.3 Å². The van der Waals surface area contributed by atoms with Crippen molar-refractivity contribution in [3.05, 3.63) is 60.2 Å². The molecular formula is C23H32N4O. The minimum absolute atomic E-state index is 0.112. The number of benzene rings is 2. The van der Waals surface area contributed by atoms with E-state index in [9.17, 15) is 4.79 Å². The van der Waals surface area contributed by atoms with E-state index in [1.54, 1.807) is 0 Å². The highest BCUT2D eigenvalue weighted by atomic mass is 16.2. The lowest BCUT2D eigenvalue weighted by Gasteiger charge is -2.36. The van der Waals surface area contributed by atoms with Gasteiger partial charge >= 0.3 is 6.03 Å². The van der Waals surface area contributed by atoms with Crippen molar-refractivity contribution in [1.82, 2.24) is 10.2 Å². The Balaban J connectivity index is 1.52. The maximum Gasteiger partial charge on any atom is 0.319 e. The van der Waals surface area contributed by atoms with Crippen LogP contribution in [0.15, 0.2) is 54.6 Å². The maximum absolute atomic E-state index is 12.5. The van der Waals surface area contributed by atoms with Crippen LogP contribution in [-0.2, 0) is 6.42 Å². The van der Waals surface area contributed by atoms with Gasteiger partial charge in [-0.3, -0.25) is 0 Å². The van der Waals surface area contributed by atoms with Crippen LogP contribution in [-0.4, -0.2) is 49.7 Å². The van der Waals surface area contributed by atoms with Crippen LogP contribution in [0.2, 0.25) is 0 Å². The smallest absolute Gasteiger partial charge is 0.319 e. The monoisotopic (exact) mass is 380 g/mol. The van der Waals surface area contributed by atoms with Crippen LogP contribution in [0.3, 0.4) is 0 Å². The lowest BCUT2D eigenvalue weighted by atomic mass is 10.1. The molecule has 0 radical (unpaired) electrons. The normalized spacial score (nSPS) is 15.9. The molecule has 0 unspecified atom stereocenters. The zero-order valence-corrected chi connectivity index (χ0v) is 17.0. The van der Waals surface area contributed by atoms with E-state index >= 15 is 0 Å². The van der Waals surface area contributed by atoms with Crippen LogP contribution in [0.1, 0.15) is 25.8 Å². The van der Waals surface area contributed by atoms with Crippen molar-refractivity contribution in [2.75, 3.05) is 42.9 Å². The first-order chi connectivity index (χ1) is 13.7. The molecule has 0 spiro atoms. The van der Waals surface area contributed by atoms with Gasteiger partial charge in [0.05, 0.1) is 11.4 Å². The van der Waals surface area contributed by atoms with Crippen LogP contribution in [0.25, 0.3) is 0 Å². The Morgan fingerprint density at radius 1 is 1.00 bits per heavy atom. The molecule has 1 aliphatic heterocycles. The van der Waals surface area contributed by atoms with Crippen LogP contribution < -0.4 is 15.5 Å². The van der Waals surface area contributed by atoms with Gasteiger partial charge in [-0.2, -0.15) is 0 Å². The molecule has 1 atom stereocenters. The van der Waals surface area contributed by atoms with Crippen LogP contribution in [0.4, 0.5) is 16.2 Å². The van der Waals surface area contributed by atoms with Crippen molar-refractivity contribution in [2.24, 2.45) is 0 Å².